The molecule has 0 saturated carbocycles. The fourth-order valence-electron chi connectivity index (χ4n) is 2.39. The van der Waals surface area contributed by atoms with Crippen molar-refractivity contribution in [2.45, 2.75) is 0 Å². The molecule has 7 heteroatoms. The normalized spacial score (nSPS) is 15.8. The molecule has 0 bridgehead atoms. The first kappa shape index (κ1) is 17.3. The Morgan fingerprint density at radius 1 is 1.12 bits per heavy atom. The average molecular weight is 373 g/mol. The summed E-state index contributed by atoms with van der Waals surface area (Å²) in [5.74, 6) is 1.22. The highest BCUT2D eigenvalue weighted by atomic mass is 32.2. The topological polar surface area (TPSA) is 59.0 Å². The number of anilines is 1. The predicted octanol–water partition coefficient (Wildman–Crippen LogP) is 3.82. The predicted molar refractivity (Wildman–Crippen MR) is 103 cm³/mol. The van der Waals surface area contributed by atoms with E-state index in [2.05, 4.69) is 0 Å². The number of methoxy groups -OCH3 is 2. The quantitative estimate of drug-likeness (QED) is 0.650. The number of aromatic hydroxyl groups is 1. The Hall–Kier alpha value is -2.51. The van der Waals surface area contributed by atoms with Gasteiger partial charge in [-0.25, -0.2) is 0 Å². The van der Waals surface area contributed by atoms with Crippen molar-refractivity contribution in [2.75, 3.05) is 19.1 Å². The van der Waals surface area contributed by atoms with Crippen molar-refractivity contribution >= 4 is 46.0 Å². The number of thioether (sulfide) groups is 1. The summed E-state index contributed by atoms with van der Waals surface area (Å²) >= 11 is 6.56. The maximum Gasteiger partial charge on any atom is 0.270 e. The van der Waals surface area contributed by atoms with Crippen LogP contribution in [0.25, 0.3) is 6.08 Å². The number of hydrogen-bond donors (Lipinski definition) is 1. The van der Waals surface area contributed by atoms with Gasteiger partial charge in [-0.2, -0.15) is 0 Å². The van der Waals surface area contributed by atoms with Gasteiger partial charge in [-0.15, -0.1) is 0 Å². The molecule has 1 aliphatic rings. The number of carbonyl (C=O) groups is 1. The molecule has 0 radical (unpaired) electrons. The van der Waals surface area contributed by atoms with Gasteiger partial charge in [0.25, 0.3) is 5.91 Å². The fraction of sp³-hybridized carbons (Fsp3) is 0.111. The van der Waals surface area contributed by atoms with Crippen LogP contribution in [0.15, 0.2) is 47.4 Å². The molecular formula is C18H15NO4S2. The lowest BCUT2D eigenvalue weighted by atomic mass is 10.1. The van der Waals surface area contributed by atoms with Crippen molar-refractivity contribution in [3.8, 4) is 17.2 Å². The van der Waals surface area contributed by atoms with Crippen molar-refractivity contribution in [1.82, 2.24) is 0 Å². The maximum atomic E-state index is 12.8. The van der Waals surface area contributed by atoms with Gasteiger partial charge in [-0.05, 0) is 48.5 Å². The van der Waals surface area contributed by atoms with E-state index in [1.165, 1.54) is 28.8 Å². The zero-order valence-corrected chi connectivity index (χ0v) is 15.2. The number of amides is 1. The van der Waals surface area contributed by atoms with E-state index >= 15 is 0 Å². The van der Waals surface area contributed by atoms with E-state index < -0.39 is 0 Å². The van der Waals surface area contributed by atoms with Crippen LogP contribution >= 0.6 is 24.0 Å². The third-order valence-corrected chi connectivity index (χ3v) is 4.93. The summed E-state index contributed by atoms with van der Waals surface area (Å²) in [6.45, 7) is 0. The van der Waals surface area contributed by atoms with Gasteiger partial charge in [0, 0.05) is 5.56 Å². The van der Waals surface area contributed by atoms with Crippen LogP contribution < -0.4 is 14.4 Å². The minimum Gasteiger partial charge on any atom is -0.508 e. The first-order chi connectivity index (χ1) is 12.0. The summed E-state index contributed by atoms with van der Waals surface area (Å²) in [7, 11) is 3.15. The first-order valence-corrected chi connectivity index (χ1v) is 8.55. The van der Waals surface area contributed by atoms with E-state index in [1.54, 1.807) is 50.6 Å². The Morgan fingerprint density at radius 2 is 1.84 bits per heavy atom. The van der Waals surface area contributed by atoms with Crippen LogP contribution in [0.1, 0.15) is 5.56 Å². The molecule has 1 N–H and O–H groups in total. The molecule has 1 saturated heterocycles. The highest BCUT2D eigenvalue weighted by Gasteiger charge is 2.33. The van der Waals surface area contributed by atoms with Crippen molar-refractivity contribution < 1.29 is 19.4 Å². The molecule has 1 fully saturated rings. The average Bonchev–Trinajstić information content (AvgIpc) is 2.89. The minimum atomic E-state index is -0.217. The van der Waals surface area contributed by atoms with Gasteiger partial charge in [0.2, 0.25) is 0 Å². The number of ether oxygens (including phenoxy) is 2. The minimum absolute atomic E-state index is 0.130. The van der Waals surface area contributed by atoms with Crippen molar-refractivity contribution in [3.05, 3.63) is 52.9 Å². The molecule has 0 aromatic heterocycles. The van der Waals surface area contributed by atoms with Gasteiger partial charge >= 0.3 is 0 Å². The summed E-state index contributed by atoms with van der Waals surface area (Å²) in [6.07, 6.45) is 1.74. The molecule has 25 heavy (non-hydrogen) atoms. The zero-order valence-electron chi connectivity index (χ0n) is 13.6. The molecule has 0 unspecified atom stereocenters. The summed E-state index contributed by atoms with van der Waals surface area (Å²) in [6, 6.07) is 11.7. The third-order valence-electron chi connectivity index (χ3n) is 3.63. The Balaban J connectivity index is 1.97. The van der Waals surface area contributed by atoms with Crippen molar-refractivity contribution in [2.24, 2.45) is 0 Å². The van der Waals surface area contributed by atoms with Crippen LogP contribution in [0.4, 0.5) is 5.69 Å². The Kier molecular flexibility index (Phi) is 4.96. The monoisotopic (exact) mass is 373 g/mol. The van der Waals surface area contributed by atoms with Gasteiger partial charge < -0.3 is 14.6 Å². The summed E-state index contributed by atoms with van der Waals surface area (Å²) in [4.78, 5) is 14.7. The molecule has 1 heterocycles. The lowest BCUT2D eigenvalue weighted by molar-refractivity contribution is -0.113. The second kappa shape index (κ2) is 7.16. The number of thiocarbonyl (C=S) groups is 1. The van der Waals surface area contributed by atoms with Crippen LogP contribution in [0.2, 0.25) is 0 Å². The molecule has 0 spiro atoms. The number of nitrogens with zero attached hydrogens (tertiary/aromatic N) is 1. The number of phenols is 1. The van der Waals surface area contributed by atoms with E-state index in [9.17, 15) is 9.90 Å². The number of benzene rings is 2. The number of rotatable bonds is 4. The molecule has 0 atom stereocenters. The van der Waals surface area contributed by atoms with Crippen LogP contribution in [0.3, 0.4) is 0 Å². The maximum absolute atomic E-state index is 12.8. The van der Waals surface area contributed by atoms with Crippen molar-refractivity contribution in [1.29, 1.82) is 0 Å². The Morgan fingerprint density at radius 3 is 2.48 bits per heavy atom. The lowest BCUT2D eigenvalue weighted by Gasteiger charge is -2.14. The summed E-state index contributed by atoms with van der Waals surface area (Å²) < 4.78 is 11.0. The van der Waals surface area contributed by atoms with Crippen LogP contribution in [0, 0.1) is 0 Å². The molecule has 0 aliphatic carbocycles. The van der Waals surface area contributed by atoms with Gasteiger partial charge in [-0.3, -0.25) is 9.69 Å². The second-order valence-corrected chi connectivity index (χ2v) is 6.82. The van der Waals surface area contributed by atoms with Crippen LogP contribution in [0.5, 0.6) is 17.2 Å². The van der Waals surface area contributed by atoms with Gasteiger partial charge in [0.05, 0.1) is 24.8 Å². The standard InChI is InChI=1S/C18H15NO4S2/c1-22-14-7-8-15(23-2)11(9-14)10-16-17(21)19(18(24)25-16)12-3-5-13(20)6-4-12/h3-10,20H,1-2H3. The van der Waals surface area contributed by atoms with Gasteiger partial charge in [0.1, 0.15) is 17.2 Å². The molecule has 128 valence electrons. The molecule has 5 nitrogen and oxygen atoms in total. The molecule has 2 aromatic rings. The SMILES string of the molecule is COc1ccc(OC)c(C=C2SC(=S)N(c3ccc(O)cc3)C2=O)c1. The Bertz CT molecular complexity index is 862. The molecular weight excluding hydrogens is 358 g/mol. The number of carbonyl (C=O) groups excluding carboxylic acids is 1. The van der Waals surface area contributed by atoms with E-state index in [-0.39, 0.29) is 11.7 Å². The number of phenolic OH excluding ortho intramolecular Hbond substituents is 1. The summed E-state index contributed by atoms with van der Waals surface area (Å²) in [5, 5.41) is 9.41. The smallest absolute Gasteiger partial charge is 0.270 e. The third kappa shape index (κ3) is 3.47. The fourth-order valence-corrected chi connectivity index (χ4v) is 3.68. The van der Waals surface area contributed by atoms with Gasteiger partial charge in [0.15, 0.2) is 4.32 Å². The zero-order chi connectivity index (χ0) is 18.0. The highest BCUT2D eigenvalue weighted by Crippen LogP contribution is 2.38. The van der Waals surface area contributed by atoms with Crippen molar-refractivity contribution in [3.63, 3.8) is 0 Å². The molecule has 3 rings (SSSR count). The van der Waals surface area contributed by atoms with E-state index in [0.29, 0.717) is 26.4 Å². The van der Waals surface area contributed by atoms with E-state index in [1.807, 2.05) is 0 Å². The summed E-state index contributed by atoms with van der Waals surface area (Å²) in [5.41, 5.74) is 1.34. The molecule has 1 aliphatic heterocycles. The highest BCUT2D eigenvalue weighted by molar-refractivity contribution is 8.27. The molecule has 2 aromatic carbocycles. The number of hydrogen-bond acceptors (Lipinski definition) is 6. The van der Waals surface area contributed by atoms with Gasteiger partial charge in [-0.1, -0.05) is 24.0 Å². The van der Waals surface area contributed by atoms with Crippen LogP contribution in [-0.4, -0.2) is 29.6 Å². The van der Waals surface area contributed by atoms with E-state index in [0.717, 1.165) is 5.56 Å². The largest absolute Gasteiger partial charge is 0.508 e. The lowest BCUT2D eigenvalue weighted by Crippen LogP contribution is -2.27. The first-order valence-electron chi connectivity index (χ1n) is 7.32. The Labute approximate surface area is 154 Å². The second-order valence-electron chi connectivity index (χ2n) is 5.14. The van der Waals surface area contributed by atoms with E-state index in [4.69, 9.17) is 21.7 Å². The van der Waals surface area contributed by atoms with Crippen LogP contribution in [-0.2, 0) is 4.79 Å². The molecule has 1 amide bonds.